The van der Waals surface area contributed by atoms with Crippen molar-refractivity contribution in [2.75, 3.05) is 31.1 Å². The SMILES string of the molecule is C=CCN(CCCC)C(=O)C1N([C@@H](CO)Cc2ccccc2)C(=O)[C@@H]2[C@H](C(=O)N(CC=C)c3ccccc3)[C@@H]3CCC12O3. The maximum atomic E-state index is 14.7. The van der Waals surface area contributed by atoms with Gasteiger partial charge in [0.25, 0.3) is 0 Å². The molecule has 3 fully saturated rings. The molecular formula is C35H43N3O5. The quantitative estimate of drug-likeness (QED) is 0.339. The number of nitrogens with zero attached hydrogens (tertiary/aromatic N) is 3. The number of rotatable bonds is 14. The summed E-state index contributed by atoms with van der Waals surface area (Å²) in [4.78, 5) is 48.5. The summed E-state index contributed by atoms with van der Waals surface area (Å²) in [7, 11) is 0. The first kappa shape index (κ1) is 30.7. The molecule has 1 N–H and O–H groups in total. The van der Waals surface area contributed by atoms with Crippen molar-refractivity contribution < 1.29 is 24.2 Å². The van der Waals surface area contributed by atoms with Crippen molar-refractivity contribution in [3.63, 3.8) is 0 Å². The van der Waals surface area contributed by atoms with Crippen LogP contribution in [0.15, 0.2) is 86.0 Å². The van der Waals surface area contributed by atoms with Crippen LogP contribution in [0.2, 0.25) is 0 Å². The topological polar surface area (TPSA) is 90.4 Å². The minimum Gasteiger partial charge on any atom is -0.394 e. The van der Waals surface area contributed by atoms with Crippen LogP contribution >= 0.6 is 0 Å². The third-order valence-electron chi connectivity index (χ3n) is 9.26. The summed E-state index contributed by atoms with van der Waals surface area (Å²) >= 11 is 0. The van der Waals surface area contributed by atoms with Crippen LogP contribution < -0.4 is 4.90 Å². The van der Waals surface area contributed by atoms with Crippen LogP contribution in [-0.4, -0.2) is 82.7 Å². The van der Waals surface area contributed by atoms with Crippen molar-refractivity contribution in [2.24, 2.45) is 11.8 Å². The van der Waals surface area contributed by atoms with Crippen molar-refractivity contribution >= 4 is 23.4 Å². The van der Waals surface area contributed by atoms with Crippen LogP contribution in [0, 0.1) is 11.8 Å². The molecule has 3 aliphatic heterocycles. The molecule has 8 nitrogen and oxygen atoms in total. The summed E-state index contributed by atoms with van der Waals surface area (Å²) in [6.07, 6.45) is 6.06. The van der Waals surface area contributed by atoms with Gasteiger partial charge in [-0.2, -0.15) is 0 Å². The molecule has 5 rings (SSSR count). The number of unbranched alkanes of at least 4 members (excludes halogenated alkanes) is 1. The summed E-state index contributed by atoms with van der Waals surface area (Å²) in [5.74, 6) is -2.29. The summed E-state index contributed by atoms with van der Waals surface area (Å²) in [5, 5.41) is 10.7. The van der Waals surface area contributed by atoms with Gasteiger partial charge in [-0.15, -0.1) is 13.2 Å². The molecule has 0 radical (unpaired) electrons. The average Bonchev–Trinajstić information content (AvgIpc) is 3.68. The van der Waals surface area contributed by atoms with Crippen molar-refractivity contribution in [1.29, 1.82) is 0 Å². The highest BCUT2D eigenvalue weighted by atomic mass is 16.5. The summed E-state index contributed by atoms with van der Waals surface area (Å²) in [6.45, 7) is 10.6. The number of fused-ring (bicyclic) bond motifs is 1. The van der Waals surface area contributed by atoms with Crippen molar-refractivity contribution in [3.05, 3.63) is 91.5 Å². The largest absolute Gasteiger partial charge is 0.394 e. The standard InChI is InChI=1S/C35H43N3O5/c1-4-7-22-36(20-5-2)34(42)31-35-19-18-28(43-35)29(32(40)37(21-6-3)26-16-12-9-13-17-26)30(35)33(41)38(31)27(24-39)23-25-14-10-8-11-15-25/h5-6,8-17,27-31,39H,2-4,7,18-24H2,1H3/t27-,28+,29-,30+,31?,35?/m1/s1. The Morgan fingerprint density at radius 2 is 1.74 bits per heavy atom. The second kappa shape index (κ2) is 13.3. The van der Waals surface area contributed by atoms with Gasteiger partial charge in [-0.25, -0.2) is 0 Å². The number of hydrogen-bond acceptors (Lipinski definition) is 5. The van der Waals surface area contributed by atoms with E-state index in [4.69, 9.17) is 4.74 Å². The van der Waals surface area contributed by atoms with E-state index in [2.05, 4.69) is 20.1 Å². The zero-order valence-electron chi connectivity index (χ0n) is 25.0. The molecular weight excluding hydrogens is 542 g/mol. The van der Waals surface area contributed by atoms with Crippen LogP contribution in [0.4, 0.5) is 5.69 Å². The molecule has 1 spiro atoms. The molecule has 3 saturated heterocycles. The number of hydrogen-bond donors (Lipinski definition) is 1. The lowest BCUT2D eigenvalue weighted by molar-refractivity contribution is -0.151. The number of carbonyl (C=O) groups is 3. The molecule has 0 aliphatic carbocycles. The van der Waals surface area contributed by atoms with E-state index in [0.717, 1.165) is 18.4 Å². The van der Waals surface area contributed by atoms with E-state index in [9.17, 15) is 19.5 Å². The van der Waals surface area contributed by atoms with Gasteiger partial charge in [0.1, 0.15) is 11.6 Å². The number of ether oxygens (including phenoxy) is 1. The van der Waals surface area contributed by atoms with E-state index in [-0.39, 0.29) is 30.9 Å². The number of amides is 3. The molecule has 3 aliphatic rings. The van der Waals surface area contributed by atoms with Crippen LogP contribution in [0.5, 0.6) is 0 Å². The highest BCUT2D eigenvalue weighted by molar-refractivity contribution is 6.03. The molecule has 2 aromatic rings. The molecule has 2 aromatic carbocycles. The summed E-state index contributed by atoms with van der Waals surface area (Å²) in [6, 6.07) is 17.4. The number of para-hydroxylation sites is 1. The Morgan fingerprint density at radius 1 is 1.07 bits per heavy atom. The van der Waals surface area contributed by atoms with Crippen LogP contribution in [-0.2, 0) is 25.5 Å². The Balaban J connectivity index is 1.57. The first-order chi connectivity index (χ1) is 20.9. The Morgan fingerprint density at radius 3 is 2.37 bits per heavy atom. The predicted octanol–water partition coefficient (Wildman–Crippen LogP) is 4.00. The smallest absolute Gasteiger partial charge is 0.248 e. The first-order valence-corrected chi connectivity index (χ1v) is 15.4. The molecule has 2 unspecified atom stereocenters. The second-order valence-corrected chi connectivity index (χ2v) is 11.8. The predicted molar refractivity (Wildman–Crippen MR) is 166 cm³/mol. The number of benzene rings is 2. The van der Waals surface area contributed by atoms with E-state index in [0.29, 0.717) is 38.0 Å². The fourth-order valence-electron chi connectivity index (χ4n) is 7.39. The van der Waals surface area contributed by atoms with Gasteiger partial charge in [0, 0.05) is 25.3 Å². The van der Waals surface area contributed by atoms with E-state index in [1.165, 1.54) is 0 Å². The van der Waals surface area contributed by atoms with E-state index in [1.54, 1.807) is 26.9 Å². The maximum absolute atomic E-state index is 14.7. The number of carbonyl (C=O) groups excluding carboxylic acids is 3. The van der Waals surface area contributed by atoms with Gasteiger partial charge < -0.3 is 24.5 Å². The molecule has 43 heavy (non-hydrogen) atoms. The third kappa shape index (κ3) is 5.54. The maximum Gasteiger partial charge on any atom is 0.248 e. The Bertz CT molecular complexity index is 1320. The van der Waals surface area contributed by atoms with Gasteiger partial charge in [-0.05, 0) is 43.4 Å². The molecule has 0 aromatic heterocycles. The molecule has 0 saturated carbocycles. The first-order valence-electron chi connectivity index (χ1n) is 15.4. The third-order valence-corrected chi connectivity index (χ3v) is 9.26. The average molecular weight is 586 g/mol. The Hall–Kier alpha value is -3.75. The molecule has 8 heteroatoms. The fourth-order valence-corrected chi connectivity index (χ4v) is 7.39. The monoisotopic (exact) mass is 585 g/mol. The van der Waals surface area contributed by atoms with Gasteiger partial charge >= 0.3 is 0 Å². The highest BCUT2D eigenvalue weighted by Gasteiger charge is 2.75. The molecule has 3 heterocycles. The minimum atomic E-state index is -1.15. The lowest BCUT2D eigenvalue weighted by Gasteiger charge is -2.39. The number of anilines is 1. The zero-order chi connectivity index (χ0) is 30.6. The Labute approximate surface area is 254 Å². The van der Waals surface area contributed by atoms with Gasteiger partial charge in [-0.3, -0.25) is 14.4 Å². The van der Waals surface area contributed by atoms with Crippen molar-refractivity contribution in [2.45, 2.75) is 62.8 Å². The molecule has 3 amide bonds. The van der Waals surface area contributed by atoms with Gasteiger partial charge in [-0.1, -0.05) is 74.0 Å². The van der Waals surface area contributed by atoms with Gasteiger partial charge in [0.2, 0.25) is 17.7 Å². The fraction of sp³-hybridized carbons (Fsp3) is 0.457. The highest BCUT2D eigenvalue weighted by Crippen LogP contribution is 2.59. The summed E-state index contributed by atoms with van der Waals surface area (Å²) < 4.78 is 6.70. The number of aliphatic hydroxyl groups excluding tert-OH is 1. The summed E-state index contributed by atoms with van der Waals surface area (Å²) in [5.41, 5.74) is 0.516. The lowest BCUT2D eigenvalue weighted by Crippen LogP contribution is -2.59. The van der Waals surface area contributed by atoms with Crippen molar-refractivity contribution in [3.8, 4) is 0 Å². The number of aliphatic hydroxyl groups is 1. The Kier molecular flexibility index (Phi) is 9.47. The van der Waals surface area contributed by atoms with Crippen LogP contribution in [0.1, 0.15) is 38.2 Å². The van der Waals surface area contributed by atoms with Gasteiger partial charge in [0.05, 0.1) is 30.6 Å². The molecule has 2 bridgehead atoms. The van der Waals surface area contributed by atoms with E-state index < -0.39 is 35.6 Å². The lowest BCUT2D eigenvalue weighted by atomic mass is 9.70. The van der Waals surface area contributed by atoms with Crippen LogP contribution in [0.3, 0.4) is 0 Å². The van der Waals surface area contributed by atoms with Crippen LogP contribution in [0.25, 0.3) is 0 Å². The molecule has 228 valence electrons. The second-order valence-electron chi connectivity index (χ2n) is 11.8. The van der Waals surface area contributed by atoms with E-state index >= 15 is 0 Å². The molecule has 6 atom stereocenters. The van der Waals surface area contributed by atoms with Gasteiger partial charge in [0.15, 0.2) is 0 Å². The zero-order valence-corrected chi connectivity index (χ0v) is 25.0. The minimum absolute atomic E-state index is 0.207. The number of likely N-dealkylation sites (tertiary alicyclic amines) is 1. The van der Waals surface area contributed by atoms with E-state index in [1.807, 2.05) is 60.7 Å². The van der Waals surface area contributed by atoms with Crippen molar-refractivity contribution in [1.82, 2.24) is 9.80 Å². The normalized spacial score (nSPS) is 26.2.